The molecule has 5 aromatic rings. The number of hydrogen-bond acceptors (Lipinski definition) is 9. The van der Waals surface area contributed by atoms with Crippen molar-refractivity contribution < 1.29 is 33.1 Å². The Hall–Kier alpha value is -6.88. The maximum atomic E-state index is 16.6. The Labute approximate surface area is 382 Å². The zero-order valence-corrected chi connectivity index (χ0v) is 37.6. The number of ether oxygens (including phenoxy) is 1. The molecule has 0 radical (unpaired) electrons. The number of urea groups is 1. The van der Waals surface area contributed by atoms with E-state index in [-0.39, 0.29) is 54.3 Å². The number of rotatable bonds is 11. The van der Waals surface area contributed by atoms with Crippen LogP contribution in [0.25, 0.3) is 27.6 Å². The van der Waals surface area contributed by atoms with Gasteiger partial charge in [0.25, 0.3) is 11.8 Å². The second kappa shape index (κ2) is 18.9. The summed E-state index contributed by atoms with van der Waals surface area (Å²) in [7, 11) is 4.81. The molecule has 17 heteroatoms. The van der Waals surface area contributed by atoms with Gasteiger partial charge in [0.05, 0.1) is 24.5 Å². The number of aromatic amines is 1. The summed E-state index contributed by atoms with van der Waals surface area (Å²) in [6, 6.07) is 15.3. The molecule has 0 bridgehead atoms. The van der Waals surface area contributed by atoms with Crippen LogP contribution in [0.4, 0.5) is 14.9 Å². The summed E-state index contributed by atoms with van der Waals surface area (Å²) < 4.78 is 23.8. The van der Waals surface area contributed by atoms with E-state index in [1.165, 1.54) is 28.7 Å². The molecule has 3 aromatic heterocycles. The highest BCUT2D eigenvalue weighted by molar-refractivity contribution is 6.07. The van der Waals surface area contributed by atoms with Crippen LogP contribution in [0.3, 0.4) is 0 Å². The van der Waals surface area contributed by atoms with Crippen LogP contribution in [0, 0.1) is 5.82 Å². The number of halogens is 1. The summed E-state index contributed by atoms with van der Waals surface area (Å²) in [5.41, 5.74) is 5.29. The highest BCUT2D eigenvalue weighted by Gasteiger charge is 2.33. The van der Waals surface area contributed by atoms with Gasteiger partial charge in [-0.2, -0.15) is 5.10 Å². The minimum Gasteiger partial charge on any atom is -0.493 e. The lowest BCUT2D eigenvalue weighted by Crippen LogP contribution is -2.50. The SMILES string of the molecule is COc1cnc(C(=O)N2CCC(N3CCC(c4ccc(-c5cc(C6=CCCN(C(=O)CCn7cccn7)C6)c(F)c6[nH]c(C(=O)N(C)C)cc56)cc4)CC3)CC2)cc1N1CCC(=O)NC1=O. The fourth-order valence-corrected chi connectivity index (χ4v) is 9.88. The van der Waals surface area contributed by atoms with Gasteiger partial charge >= 0.3 is 6.03 Å². The third-order valence-electron chi connectivity index (χ3n) is 13.6. The van der Waals surface area contributed by atoms with Crippen molar-refractivity contribution in [3.05, 3.63) is 102 Å². The first-order chi connectivity index (χ1) is 31.9. The van der Waals surface area contributed by atoms with Crippen LogP contribution in [0.2, 0.25) is 0 Å². The molecule has 16 nitrogen and oxygen atoms in total. The molecule has 0 spiro atoms. The Morgan fingerprint density at radius 2 is 1.70 bits per heavy atom. The number of benzene rings is 2. The van der Waals surface area contributed by atoms with Gasteiger partial charge in [-0.05, 0) is 97.6 Å². The van der Waals surface area contributed by atoms with Crippen molar-refractivity contribution in [3.63, 3.8) is 0 Å². The lowest BCUT2D eigenvalue weighted by atomic mass is 9.86. The van der Waals surface area contributed by atoms with Crippen molar-refractivity contribution in [3.8, 4) is 16.9 Å². The minimum absolute atomic E-state index is 0.0122. The van der Waals surface area contributed by atoms with E-state index < -0.39 is 11.8 Å². The van der Waals surface area contributed by atoms with Crippen LogP contribution in [-0.2, 0) is 16.1 Å². The standard InChI is InChI=1S/C49H55FN10O6/c1-55(2)47(63)40-27-38-36(26-37(45(50)46(38)53-40)34-6-4-18-58(30-34)44(62)16-24-59-19-5-17-52-59)33-9-7-31(8-10-33)32-11-20-56(21-12-32)35-13-22-57(23-14-35)48(64)39-28-41(42(66-3)29-51-39)60-25-15-43(61)54-49(60)65/h5-10,17,19,26-29,32,35,53H,4,11-16,18,20-25,30H2,1-3H3,(H,54,61,65). The van der Waals surface area contributed by atoms with E-state index in [1.54, 1.807) is 42.0 Å². The lowest BCUT2D eigenvalue weighted by Gasteiger charge is -2.42. The zero-order valence-electron chi connectivity index (χ0n) is 37.6. The molecule has 2 N–H and O–H groups in total. The maximum Gasteiger partial charge on any atom is 0.328 e. The number of anilines is 1. The van der Waals surface area contributed by atoms with Crippen molar-refractivity contribution >= 4 is 51.8 Å². The van der Waals surface area contributed by atoms with Crippen LogP contribution in [0.15, 0.2) is 73.2 Å². The highest BCUT2D eigenvalue weighted by Crippen LogP contribution is 2.39. The second-order valence-electron chi connectivity index (χ2n) is 17.8. The summed E-state index contributed by atoms with van der Waals surface area (Å²) >= 11 is 0. The maximum absolute atomic E-state index is 16.6. The van der Waals surface area contributed by atoms with Gasteiger partial charge in [0, 0.05) is 95.6 Å². The number of carbonyl (C=O) groups is 5. The van der Waals surface area contributed by atoms with Gasteiger partial charge in [0.2, 0.25) is 11.8 Å². The van der Waals surface area contributed by atoms with E-state index in [4.69, 9.17) is 4.74 Å². The molecular weight excluding hydrogens is 844 g/mol. The van der Waals surface area contributed by atoms with Gasteiger partial charge in [-0.15, -0.1) is 0 Å². The van der Waals surface area contributed by atoms with Gasteiger partial charge in [-0.25, -0.2) is 14.2 Å². The molecule has 344 valence electrons. The number of piperidine rings is 2. The van der Waals surface area contributed by atoms with Crippen LogP contribution >= 0.6 is 0 Å². The third kappa shape index (κ3) is 9.03. The molecule has 7 heterocycles. The second-order valence-corrected chi connectivity index (χ2v) is 17.8. The predicted octanol–water partition coefficient (Wildman–Crippen LogP) is 5.91. The molecule has 3 saturated heterocycles. The van der Waals surface area contributed by atoms with Crippen LogP contribution in [-0.4, -0.2) is 142 Å². The van der Waals surface area contributed by atoms with Crippen molar-refractivity contribution in [2.45, 2.75) is 63.5 Å². The number of pyridine rings is 1. The number of likely N-dealkylation sites (tertiary alicyclic amines) is 2. The summed E-state index contributed by atoms with van der Waals surface area (Å²) in [6.07, 6.45) is 11.7. The summed E-state index contributed by atoms with van der Waals surface area (Å²) in [5, 5.41) is 7.15. The van der Waals surface area contributed by atoms with E-state index in [9.17, 15) is 24.0 Å². The van der Waals surface area contributed by atoms with Gasteiger partial charge in [-0.3, -0.25) is 34.1 Å². The average molecular weight is 899 g/mol. The number of nitrogens with zero attached hydrogens (tertiary/aromatic N) is 8. The monoisotopic (exact) mass is 898 g/mol. The largest absolute Gasteiger partial charge is 0.493 e. The predicted molar refractivity (Wildman–Crippen MR) is 246 cm³/mol. The van der Waals surface area contributed by atoms with E-state index >= 15 is 4.39 Å². The number of aromatic nitrogens is 4. The van der Waals surface area contributed by atoms with Crippen molar-refractivity contribution in [2.24, 2.45) is 0 Å². The Balaban J connectivity index is 0.851. The lowest BCUT2D eigenvalue weighted by molar-refractivity contribution is -0.131. The first-order valence-corrected chi connectivity index (χ1v) is 22.8. The number of H-pyrrole nitrogens is 1. The Bertz CT molecular complexity index is 2680. The normalized spacial score (nSPS) is 17.8. The van der Waals surface area contributed by atoms with Crippen LogP contribution in [0.5, 0.6) is 5.75 Å². The van der Waals surface area contributed by atoms with Crippen molar-refractivity contribution in [2.75, 3.05) is 71.9 Å². The molecule has 4 aliphatic rings. The first-order valence-electron chi connectivity index (χ1n) is 22.8. The third-order valence-corrected chi connectivity index (χ3v) is 13.6. The highest BCUT2D eigenvalue weighted by atomic mass is 19.1. The van der Waals surface area contributed by atoms with Crippen LogP contribution in [0.1, 0.15) is 83.0 Å². The number of nitrogens with one attached hydrogen (secondary N) is 2. The number of methoxy groups -OCH3 is 1. The molecule has 66 heavy (non-hydrogen) atoms. The Morgan fingerprint density at radius 3 is 2.39 bits per heavy atom. The van der Waals surface area contributed by atoms with Gasteiger partial charge < -0.3 is 29.3 Å². The fraction of sp³-hybridized carbons (Fsp3) is 0.408. The molecule has 6 amide bonds. The fourth-order valence-electron chi connectivity index (χ4n) is 9.88. The Kier molecular flexibility index (Phi) is 12.7. The molecule has 0 unspecified atom stereocenters. The van der Waals surface area contributed by atoms with Gasteiger partial charge in [-0.1, -0.05) is 30.3 Å². The molecule has 0 aliphatic carbocycles. The number of carbonyl (C=O) groups excluding carboxylic acids is 5. The number of amides is 6. The molecule has 0 saturated carbocycles. The number of imide groups is 1. The quantitative estimate of drug-likeness (QED) is 0.164. The molecule has 0 atom stereocenters. The van der Waals surface area contributed by atoms with Gasteiger partial charge in [0.15, 0.2) is 11.6 Å². The molecule has 9 rings (SSSR count). The van der Waals surface area contributed by atoms with E-state index in [1.807, 2.05) is 29.3 Å². The van der Waals surface area contributed by atoms with Crippen molar-refractivity contribution in [1.29, 1.82) is 0 Å². The minimum atomic E-state index is -0.558. The number of aryl methyl sites for hydroxylation is 1. The number of hydrogen-bond donors (Lipinski definition) is 2. The van der Waals surface area contributed by atoms with E-state index in [0.29, 0.717) is 79.1 Å². The zero-order chi connectivity index (χ0) is 46.1. The molecule has 3 fully saturated rings. The molecular formula is C49H55FN10O6. The van der Waals surface area contributed by atoms with Crippen LogP contribution < -0.4 is 15.0 Å². The van der Waals surface area contributed by atoms with Gasteiger partial charge in [0.1, 0.15) is 11.4 Å². The Morgan fingerprint density at radius 1 is 0.924 bits per heavy atom. The number of fused-ring (bicyclic) bond motifs is 1. The topological polar surface area (TPSA) is 169 Å². The summed E-state index contributed by atoms with van der Waals surface area (Å²) in [5.74, 6) is -0.541. The van der Waals surface area contributed by atoms with Crippen molar-refractivity contribution in [1.82, 2.24) is 44.7 Å². The smallest absolute Gasteiger partial charge is 0.328 e. The summed E-state index contributed by atoms with van der Waals surface area (Å²) in [6.45, 7) is 4.58. The summed E-state index contributed by atoms with van der Waals surface area (Å²) in [4.78, 5) is 80.9. The van der Waals surface area contributed by atoms with E-state index in [2.05, 4.69) is 49.5 Å². The molecule has 4 aliphatic heterocycles. The average Bonchev–Trinajstić information content (AvgIpc) is 4.05. The molecule has 2 aromatic carbocycles. The first kappa shape index (κ1) is 44.3. The van der Waals surface area contributed by atoms with E-state index in [0.717, 1.165) is 55.5 Å².